The van der Waals surface area contributed by atoms with E-state index in [9.17, 15) is 21.6 Å². The van der Waals surface area contributed by atoms with Crippen molar-refractivity contribution in [2.24, 2.45) is 5.14 Å². The van der Waals surface area contributed by atoms with Crippen LogP contribution in [0, 0.1) is 0 Å². The first-order valence-electron chi connectivity index (χ1n) is 2.28. The fourth-order valence-corrected chi connectivity index (χ4v) is 0.688. The Balaban J connectivity index is 3.99. The number of halogens is 3. The molecule has 0 aromatic carbocycles. The molecular weight excluding hydrogens is 171 g/mol. The SMILES string of the molecule is NS(=O)(=O)C(F)CC(F)F. The summed E-state index contributed by atoms with van der Waals surface area (Å²) < 4.78 is 54.4. The average molecular weight is 177 g/mol. The summed E-state index contributed by atoms with van der Waals surface area (Å²) in [6.07, 6.45) is -4.35. The summed E-state index contributed by atoms with van der Waals surface area (Å²) in [4.78, 5) is 0. The lowest BCUT2D eigenvalue weighted by Gasteiger charge is -2.02. The van der Waals surface area contributed by atoms with Crippen molar-refractivity contribution >= 4 is 10.0 Å². The lowest BCUT2D eigenvalue weighted by Crippen LogP contribution is -2.26. The van der Waals surface area contributed by atoms with Crippen LogP contribution in [0.4, 0.5) is 13.2 Å². The molecule has 2 N–H and O–H groups in total. The maximum Gasteiger partial charge on any atom is 0.242 e. The molecule has 0 saturated heterocycles. The molecule has 0 bridgehead atoms. The molecule has 0 aliphatic carbocycles. The molecule has 0 aromatic heterocycles. The van der Waals surface area contributed by atoms with Crippen molar-refractivity contribution in [3.8, 4) is 0 Å². The van der Waals surface area contributed by atoms with E-state index in [-0.39, 0.29) is 0 Å². The van der Waals surface area contributed by atoms with Crippen molar-refractivity contribution in [3.05, 3.63) is 0 Å². The predicted molar refractivity (Wildman–Crippen MR) is 28.6 cm³/mol. The van der Waals surface area contributed by atoms with Crippen LogP contribution >= 0.6 is 0 Å². The number of hydrogen-bond donors (Lipinski definition) is 1. The normalized spacial score (nSPS) is 15.7. The minimum absolute atomic E-state index is 1.36. The zero-order chi connectivity index (χ0) is 8.36. The van der Waals surface area contributed by atoms with E-state index in [1.807, 2.05) is 0 Å². The summed E-state index contributed by atoms with van der Waals surface area (Å²) in [5, 5.41) is 4.19. The molecule has 1 atom stereocenters. The third-order valence-corrected chi connectivity index (χ3v) is 1.63. The summed E-state index contributed by atoms with van der Waals surface area (Å²) in [5.41, 5.74) is -2.66. The van der Waals surface area contributed by atoms with Crippen LogP contribution in [0.1, 0.15) is 6.42 Å². The number of alkyl halides is 3. The maximum atomic E-state index is 12.0. The van der Waals surface area contributed by atoms with Gasteiger partial charge in [0.2, 0.25) is 22.0 Å². The number of rotatable bonds is 3. The number of primary sulfonamides is 1. The largest absolute Gasteiger partial charge is 0.242 e. The molecule has 7 heteroatoms. The van der Waals surface area contributed by atoms with Gasteiger partial charge in [0, 0.05) is 0 Å². The quantitative estimate of drug-likeness (QED) is 0.670. The average Bonchev–Trinajstić information content (AvgIpc) is 1.60. The van der Waals surface area contributed by atoms with Gasteiger partial charge in [0.25, 0.3) is 0 Å². The van der Waals surface area contributed by atoms with Crippen molar-refractivity contribution in [2.45, 2.75) is 18.3 Å². The van der Waals surface area contributed by atoms with Gasteiger partial charge in [-0.15, -0.1) is 0 Å². The van der Waals surface area contributed by atoms with Gasteiger partial charge in [0.1, 0.15) is 0 Å². The third kappa shape index (κ3) is 3.67. The van der Waals surface area contributed by atoms with Crippen molar-refractivity contribution in [2.75, 3.05) is 0 Å². The number of sulfonamides is 1. The van der Waals surface area contributed by atoms with Gasteiger partial charge in [0.15, 0.2) is 0 Å². The Bertz CT molecular complexity index is 190. The molecule has 0 fully saturated rings. The second kappa shape index (κ2) is 3.20. The third-order valence-electron chi connectivity index (χ3n) is 0.720. The van der Waals surface area contributed by atoms with Crippen LogP contribution in [0.2, 0.25) is 0 Å². The van der Waals surface area contributed by atoms with E-state index in [1.54, 1.807) is 0 Å². The molecule has 10 heavy (non-hydrogen) atoms. The van der Waals surface area contributed by atoms with Gasteiger partial charge in [-0.25, -0.2) is 26.7 Å². The molecule has 62 valence electrons. The molecule has 0 aromatic rings. The van der Waals surface area contributed by atoms with Crippen LogP contribution in [0.15, 0.2) is 0 Å². The standard InChI is InChI=1S/C3H6F3NO2S/c4-2(5)1-3(6)10(7,8)9/h2-3H,1H2,(H2,7,8,9). The van der Waals surface area contributed by atoms with E-state index in [0.717, 1.165) is 0 Å². The predicted octanol–water partition coefficient (Wildman–Crippen LogP) is 0.226. The number of nitrogens with two attached hydrogens (primary N) is 1. The lowest BCUT2D eigenvalue weighted by atomic mass is 10.5. The van der Waals surface area contributed by atoms with Gasteiger partial charge < -0.3 is 0 Å². The van der Waals surface area contributed by atoms with Crippen LogP contribution in [-0.2, 0) is 10.0 Å². The molecule has 0 heterocycles. The molecule has 0 rings (SSSR count). The molecule has 0 radical (unpaired) electrons. The molecule has 0 spiro atoms. The summed E-state index contributed by atoms with van der Waals surface area (Å²) in [7, 11) is -4.44. The van der Waals surface area contributed by atoms with E-state index < -0.39 is 28.4 Å². The molecule has 3 nitrogen and oxygen atoms in total. The van der Waals surface area contributed by atoms with E-state index in [4.69, 9.17) is 0 Å². The van der Waals surface area contributed by atoms with Gasteiger partial charge in [-0.3, -0.25) is 0 Å². The van der Waals surface area contributed by atoms with Crippen LogP contribution in [0.25, 0.3) is 0 Å². The van der Waals surface area contributed by atoms with Crippen molar-refractivity contribution < 1.29 is 21.6 Å². The highest BCUT2D eigenvalue weighted by atomic mass is 32.2. The highest BCUT2D eigenvalue weighted by molar-refractivity contribution is 7.89. The van der Waals surface area contributed by atoms with Crippen molar-refractivity contribution in [3.63, 3.8) is 0 Å². The van der Waals surface area contributed by atoms with Crippen LogP contribution in [0.5, 0.6) is 0 Å². The smallest absolute Gasteiger partial charge is 0.228 e. The summed E-state index contributed by atoms with van der Waals surface area (Å²) in [6.45, 7) is 0. The topological polar surface area (TPSA) is 60.2 Å². The van der Waals surface area contributed by atoms with Gasteiger partial charge in [-0.05, 0) is 0 Å². The number of hydrogen-bond acceptors (Lipinski definition) is 2. The first-order valence-corrected chi connectivity index (χ1v) is 3.89. The van der Waals surface area contributed by atoms with Crippen molar-refractivity contribution in [1.82, 2.24) is 0 Å². The summed E-state index contributed by atoms with van der Waals surface area (Å²) >= 11 is 0. The fourth-order valence-electron chi connectivity index (χ4n) is 0.274. The van der Waals surface area contributed by atoms with Gasteiger partial charge >= 0.3 is 0 Å². The Labute approximate surface area is 56.1 Å². The minimum atomic E-state index is -4.44. The first kappa shape index (κ1) is 9.70. The minimum Gasteiger partial charge on any atom is -0.228 e. The van der Waals surface area contributed by atoms with E-state index in [2.05, 4.69) is 5.14 Å². The Morgan fingerprint density at radius 3 is 1.80 bits per heavy atom. The Hall–Kier alpha value is -0.300. The second-order valence-electron chi connectivity index (χ2n) is 1.63. The summed E-state index contributed by atoms with van der Waals surface area (Å²) in [5.74, 6) is 0. The molecule has 1 unspecified atom stereocenters. The maximum absolute atomic E-state index is 12.0. The van der Waals surface area contributed by atoms with Crippen LogP contribution in [-0.4, -0.2) is 20.3 Å². The first-order chi connectivity index (χ1) is 4.34. The molecule has 0 aliphatic heterocycles. The monoisotopic (exact) mass is 177 g/mol. The van der Waals surface area contributed by atoms with E-state index in [0.29, 0.717) is 0 Å². The van der Waals surface area contributed by atoms with Gasteiger partial charge in [-0.1, -0.05) is 0 Å². The fraction of sp³-hybridized carbons (Fsp3) is 1.00. The Morgan fingerprint density at radius 2 is 1.70 bits per heavy atom. The van der Waals surface area contributed by atoms with Gasteiger partial charge in [-0.2, -0.15) is 0 Å². The van der Waals surface area contributed by atoms with Crippen LogP contribution in [0.3, 0.4) is 0 Å². The van der Waals surface area contributed by atoms with Crippen molar-refractivity contribution in [1.29, 1.82) is 0 Å². The lowest BCUT2D eigenvalue weighted by molar-refractivity contribution is 0.118. The summed E-state index contributed by atoms with van der Waals surface area (Å²) in [6, 6.07) is 0. The Kier molecular flexibility index (Phi) is 3.10. The zero-order valence-electron chi connectivity index (χ0n) is 4.80. The highest BCUT2D eigenvalue weighted by Gasteiger charge is 2.24. The van der Waals surface area contributed by atoms with Gasteiger partial charge in [0.05, 0.1) is 6.42 Å². The van der Waals surface area contributed by atoms with Crippen LogP contribution < -0.4 is 5.14 Å². The van der Waals surface area contributed by atoms with E-state index >= 15 is 0 Å². The zero-order valence-corrected chi connectivity index (χ0v) is 5.61. The molecule has 0 amide bonds. The highest BCUT2D eigenvalue weighted by Crippen LogP contribution is 2.10. The van der Waals surface area contributed by atoms with E-state index in [1.165, 1.54) is 0 Å². The molecular formula is C3H6F3NO2S. The second-order valence-corrected chi connectivity index (χ2v) is 3.32. The Morgan fingerprint density at radius 1 is 1.30 bits per heavy atom. The molecule has 0 saturated carbocycles. The molecule has 0 aliphatic rings.